The van der Waals surface area contributed by atoms with Gasteiger partial charge in [-0.1, -0.05) is 6.92 Å². The van der Waals surface area contributed by atoms with Gasteiger partial charge in [-0.3, -0.25) is 0 Å². The Balaban J connectivity index is 2.14. The SMILES string of the molecule is CCCN1CCC(C(C)NCCN(C)C)CC1. The monoisotopic (exact) mass is 241 g/mol. The highest BCUT2D eigenvalue weighted by atomic mass is 15.1. The second-order valence-electron chi connectivity index (χ2n) is 5.73. The molecule has 0 aromatic heterocycles. The Hall–Kier alpha value is -0.120. The molecule has 0 saturated carbocycles. The van der Waals surface area contributed by atoms with Crippen LogP contribution in [0.25, 0.3) is 0 Å². The maximum absolute atomic E-state index is 3.67. The minimum absolute atomic E-state index is 0.679. The topological polar surface area (TPSA) is 18.5 Å². The molecule has 0 aromatic carbocycles. The second kappa shape index (κ2) is 8.06. The first-order valence-electron chi connectivity index (χ1n) is 7.24. The van der Waals surface area contributed by atoms with Gasteiger partial charge in [-0.2, -0.15) is 0 Å². The second-order valence-corrected chi connectivity index (χ2v) is 5.73. The predicted molar refractivity (Wildman–Crippen MR) is 75.5 cm³/mol. The molecule has 1 saturated heterocycles. The maximum Gasteiger partial charge on any atom is 0.0101 e. The first-order valence-corrected chi connectivity index (χ1v) is 7.24. The van der Waals surface area contributed by atoms with Crippen LogP contribution in [0.1, 0.15) is 33.1 Å². The molecule has 3 heteroatoms. The third-order valence-corrected chi connectivity index (χ3v) is 3.90. The van der Waals surface area contributed by atoms with Crippen molar-refractivity contribution in [3.8, 4) is 0 Å². The number of hydrogen-bond acceptors (Lipinski definition) is 3. The molecule has 1 unspecified atom stereocenters. The van der Waals surface area contributed by atoms with E-state index >= 15 is 0 Å². The fourth-order valence-electron chi connectivity index (χ4n) is 2.68. The van der Waals surface area contributed by atoms with Crippen LogP contribution in [0.4, 0.5) is 0 Å². The normalized spacial score (nSPS) is 21.0. The van der Waals surface area contributed by atoms with Crippen LogP contribution >= 0.6 is 0 Å². The number of hydrogen-bond donors (Lipinski definition) is 1. The molecule has 1 aliphatic heterocycles. The Labute approximate surface area is 108 Å². The molecule has 0 bridgehead atoms. The van der Waals surface area contributed by atoms with Gasteiger partial charge in [0, 0.05) is 19.1 Å². The number of likely N-dealkylation sites (N-methyl/N-ethyl adjacent to an activating group) is 1. The van der Waals surface area contributed by atoms with Crippen LogP contribution in [-0.4, -0.2) is 62.7 Å². The third-order valence-electron chi connectivity index (χ3n) is 3.90. The first-order chi connectivity index (χ1) is 8.13. The van der Waals surface area contributed by atoms with Gasteiger partial charge >= 0.3 is 0 Å². The van der Waals surface area contributed by atoms with Gasteiger partial charge in [-0.25, -0.2) is 0 Å². The van der Waals surface area contributed by atoms with Crippen molar-refractivity contribution in [1.29, 1.82) is 0 Å². The molecule has 1 atom stereocenters. The molecule has 1 aliphatic rings. The summed E-state index contributed by atoms with van der Waals surface area (Å²) < 4.78 is 0. The summed E-state index contributed by atoms with van der Waals surface area (Å²) in [5.74, 6) is 0.880. The van der Waals surface area contributed by atoms with Gasteiger partial charge in [-0.05, 0) is 65.8 Å². The summed E-state index contributed by atoms with van der Waals surface area (Å²) in [7, 11) is 4.27. The number of nitrogens with zero attached hydrogens (tertiary/aromatic N) is 2. The number of likely N-dealkylation sites (tertiary alicyclic amines) is 1. The van der Waals surface area contributed by atoms with Gasteiger partial charge in [-0.15, -0.1) is 0 Å². The van der Waals surface area contributed by atoms with Crippen molar-refractivity contribution in [2.75, 3.05) is 46.8 Å². The highest BCUT2D eigenvalue weighted by Crippen LogP contribution is 2.20. The molecule has 3 nitrogen and oxygen atoms in total. The van der Waals surface area contributed by atoms with Crippen molar-refractivity contribution in [1.82, 2.24) is 15.1 Å². The summed E-state index contributed by atoms with van der Waals surface area (Å²) >= 11 is 0. The number of nitrogens with one attached hydrogen (secondary N) is 1. The van der Waals surface area contributed by atoms with Gasteiger partial charge in [0.15, 0.2) is 0 Å². The molecular weight excluding hydrogens is 210 g/mol. The molecule has 17 heavy (non-hydrogen) atoms. The Morgan fingerprint density at radius 1 is 1.29 bits per heavy atom. The Bertz CT molecular complexity index is 186. The highest BCUT2D eigenvalue weighted by Gasteiger charge is 2.22. The molecule has 0 aliphatic carbocycles. The molecule has 1 rings (SSSR count). The zero-order valence-corrected chi connectivity index (χ0v) is 12.2. The highest BCUT2D eigenvalue weighted by molar-refractivity contribution is 4.79. The van der Waals surface area contributed by atoms with E-state index in [1.54, 1.807) is 0 Å². The smallest absolute Gasteiger partial charge is 0.0101 e. The fourth-order valence-corrected chi connectivity index (χ4v) is 2.68. The predicted octanol–water partition coefficient (Wildman–Crippen LogP) is 1.65. The maximum atomic E-state index is 3.67. The van der Waals surface area contributed by atoms with Crippen LogP contribution in [0.2, 0.25) is 0 Å². The zero-order chi connectivity index (χ0) is 12.7. The number of piperidine rings is 1. The molecule has 1 heterocycles. The third kappa shape index (κ3) is 5.84. The van der Waals surface area contributed by atoms with Crippen molar-refractivity contribution in [2.24, 2.45) is 5.92 Å². The van der Waals surface area contributed by atoms with Crippen molar-refractivity contribution >= 4 is 0 Å². The fraction of sp³-hybridized carbons (Fsp3) is 1.00. The van der Waals surface area contributed by atoms with E-state index in [4.69, 9.17) is 0 Å². The summed E-state index contributed by atoms with van der Waals surface area (Å²) in [6, 6.07) is 0.679. The van der Waals surface area contributed by atoms with E-state index in [0.29, 0.717) is 6.04 Å². The van der Waals surface area contributed by atoms with Crippen LogP contribution in [0.5, 0.6) is 0 Å². The van der Waals surface area contributed by atoms with E-state index in [1.165, 1.54) is 38.9 Å². The summed E-state index contributed by atoms with van der Waals surface area (Å²) in [5.41, 5.74) is 0. The van der Waals surface area contributed by atoms with Crippen LogP contribution in [0.3, 0.4) is 0 Å². The van der Waals surface area contributed by atoms with Crippen LogP contribution in [-0.2, 0) is 0 Å². The van der Waals surface area contributed by atoms with Gasteiger partial charge in [0.2, 0.25) is 0 Å². The molecule has 0 amide bonds. The lowest BCUT2D eigenvalue weighted by Gasteiger charge is -2.35. The number of rotatable bonds is 7. The Kier molecular flexibility index (Phi) is 7.09. The lowest BCUT2D eigenvalue weighted by molar-refractivity contribution is 0.162. The van der Waals surface area contributed by atoms with E-state index in [9.17, 15) is 0 Å². The van der Waals surface area contributed by atoms with Crippen molar-refractivity contribution in [2.45, 2.75) is 39.2 Å². The molecule has 0 aromatic rings. The van der Waals surface area contributed by atoms with E-state index in [2.05, 4.69) is 43.1 Å². The van der Waals surface area contributed by atoms with Crippen LogP contribution in [0.15, 0.2) is 0 Å². The first kappa shape index (κ1) is 14.9. The minimum atomic E-state index is 0.679. The van der Waals surface area contributed by atoms with Gasteiger partial charge in [0.25, 0.3) is 0 Å². The summed E-state index contributed by atoms with van der Waals surface area (Å²) in [4.78, 5) is 4.85. The average Bonchev–Trinajstić information content (AvgIpc) is 2.30. The van der Waals surface area contributed by atoms with Crippen LogP contribution < -0.4 is 5.32 Å². The lowest BCUT2D eigenvalue weighted by Crippen LogP contribution is -2.43. The van der Waals surface area contributed by atoms with E-state index in [0.717, 1.165) is 19.0 Å². The summed E-state index contributed by atoms with van der Waals surface area (Å²) in [5, 5.41) is 3.67. The standard InChI is InChI=1S/C14H31N3/c1-5-9-17-10-6-14(7-11-17)13(2)15-8-12-16(3)4/h13-15H,5-12H2,1-4H3. The summed E-state index contributed by atoms with van der Waals surface area (Å²) in [6.45, 7) is 10.8. The molecule has 1 N–H and O–H groups in total. The molecule has 1 fully saturated rings. The van der Waals surface area contributed by atoms with Gasteiger partial charge in [0.05, 0.1) is 0 Å². The molecule has 102 valence electrons. The van der Waals surface area contributed by atoms with Gasteiger partial charge < -0.3 is 15.1 Å². The minimum Gasteiger partial charge on any atom is -0.313 e. The zero-order valence-electron chi connectivity index (χ0n) is 12.2. The molecular formula is C14H31N3. The van der Waals surface area contributed by atoms with E-state index in [-0.39, 0.29) is 0 Å². The van der Waals surface area contributed by atoms with Crippen molar-refractivity contribution < 1.29 is 0 Å². The molecule has 0 spiro atoms. The Morgan fingerprint density at radius 2 is 1.94 bits per heavy atom. The average molecular weight is 241 g/mol. The van der Waals surface area contributed by atoms with Gasteiger partial charge in [0.1, 0.15) is 0 Å². The van der Waals surface area contributed by atoms with Crippen molar-refractivity contribution in [3.05, 3.63) is 0 Å². The lowest BCUT2D eigenvalue weighted by atomic mass is 9.90. The Morgan fingerprint density at radius 3 is 2.47 bits per heavy atom. The van der Waals surface area contributed by atoms with E-state index < -0.39 is 0 Å². The quantitative estimate of drug-likeness (QED) is 0.731. The van der Waals surface area contributed by atoms with Crippen molar-refractivity contribution in [3.63, 3.8) is 0 Å². The summed E-state index contributed by atoms with van der Waals surface area (Å²) in [6.07, 6.45) is 4.04. The molecule has 0 radical (unpaired) electrons. The van der Waals surface area contributed by atoms with E-state index in [1.807, 2.05) is 0 Å². The largest absolute Gasteiger partial charge is 0.313 e. The van der Waals surface area contributed by atoms with Crippen LogP contribution in [0, 0.1) is 5.92 Å².